The van der Waals surface area contributed by atoms with Crippen molar-refractivity contribution in [1.29, 1.82) is 0 Å². The second-order valence-corrected chi connectivity index (χ2v) is 8.20. The Morgan fingerprint density at radius 3 is 2.36 bits per heavy atom. The molecular weight excluding hydrogens is 444 g/mol. The topological polar surface area (TPSA) is 103 Å². The summed E-state index contributed by atoms with van der Waals surface area (Å²) in [4.78, 5) is 12.5. The average Bonchev–Trinajstić information content (AvgIpc) is 2.81. The first-order valence-corrected chi connectivity index (χ1v) is 11.7. The second kappa shape index (κ2) is 11.1. The maximum Gasteiger partial charge on any atom is 0.339 e. The molecule has 0 bridgehead atoms. The Kier molecular flexibility index (Phi) is 8.04. The average molecular weight is 469 g/mol. The molecule has 0 atom stereocenters. The number of hydrogen-bond acceptors (Lipinski definition) is 7. The lowest BCUT2D eigenvalue weighted by Crippen LogP contribution is -2.17. The van der Waals surface area contributed by atoms with E-state index in [1.165, 1.54) is 30.5 Å². The molecule has 1 N–H and O–H groups in total. The van der Waals surface area contributed by atoms with E-state index in [9.17, 15) is 13.2 Å². The Labute approximate surface area is 192 Å². The van der Waals surface area contributed by atoms with Crippen molar-refractivity contribution in [1.82, 2.24) is 5.43 Å². The third-order valence-electron chi connectivity index (χ3n) is 4.28. The molecule has 8 nitrogen and oxygen atoms in total. The van der Waals surface area contributed by atoms with Crippen LogP contribution in [0.3, 0.4) is 0 Å². The number of nitrogens with zero attached hydrogens (tertiary/aromatic N) is 1. The highest BCUT2D eigenvalue weighted by atomic mass is 32.2. The number of carbonyl (C=O) groups is 1. The minimum atomic E-state index is -3.95. The monoisotopic (exact) mass is 468 g/mol. The van der Waals surface area contributed by atoms with Crippen LogP contribution in [-0.4, -0.2) is 33.8 Å². The van der Waals surface area contributed by atoms with Gasteiger partial charge in [0.15, 0.2) is 11.5 Å². The molecule has 0 aliphatic heterocycles. The van der Waals surface area contributed by atoms with Crippen LogP contribution in [0.2, 0.25) is 0 Å². The van der Waals surface area contributed by atoms with Crippen molar-refractivity contribution in [3.63, 3.8) is 0 Å². The number of hydrazone groups is 1. The number of amides is 1. The molecule has 0 aliphatic carbocycles. The van der Waals surface area contributed by atoms with E-state index in [-0.39, 0.29) is 10.6 Å². The van der Waals surface area contributed by atoms with Crippen molar-refractivity contribution in [2.75, 3.05) is 13.2 Å². The highest BCUT2D eigenvalue weighted by Gasteiger charge is 2.16. The van der Waals surface area contributed by atoms with Crippen LogP contribution < -0.4 is 19.1 Å². The molecular formula is C24H24N2O6S. The predicted octanol–water partition coefficient (Wildman–Crippen LogP) is 4.02. The van der Waals surface area contributed by atoms with E-state index in [4.69, 9.17) is 13.7 Å². The van der Waals surface area contributed by atoms with Crippen LogP contribution in [0.25, 0.3) is 0 Å². The largest absolute Gasteiger partial charge is 0.490 e. The molecule has 0 fully saturated rings. The van der Waals surface area contributed by atoms with Crippen molar-refractivity contribution in [2.45, 2.75) is 18.7 Å². The van der Waals surface area contributed by atoms with Crippen molar-refractivity contribution < 1.29 is 26.9 Å². The summed E-state index contributed by atoms with van der Waals surface area (Å²) in [6.45, 7) is 4.62. The van der Waals surface area contributed by atoms with Gasteiger partial charge in [-0.05, 0) is 61.9 Å². The van der Waals surface area contributed by atoms with Gasteiger partial charge < -0.3 is 13.7 Å². The summed E-state index contributed by atoms with van der Waals surface area (Å²) >= 11 is 0. The second-order valence-electron chi connectivity index (χ2n) is 6.65. The molecule has 0 saturated carbocycles. The minimum absolute atomic E-state index is 0.0538. The molecule has 0 unspecified atom stereocenters. The van der Waals surface area contributed by atoms with Gasteiger partial charge in [-0.3, -0.25) is 4.79 Å². The lowest BCUT2D eigenvalue weighted by molar-refractivity contribution is 0.0954. The van der Waals surface area contributed by atoms with Gasteiger partial charge in [-0.25, -0.2) is 5.43 Å². The van der Waals surface area contributed by atoms with Crippen LogP contribution in [-0.2, 0) is 10.1 Å². The van der Waals surface area contributed by atoms with E-state index < -0.39 is 16.0 Å². The van der Waals surface area contributed by atoms with Crippen LogP contribution in [0.1, 0.15) is 29.8 Å². The van der Waals surface area contributed by atoms with E-state index in [1.807, 2.05) is 13.8 Å². The van der Waals surface area contributed by atoms with Crippen molar-refractivity contribution in [3.8, 4) is 17.2 Å². The SMILES string of the molecule is CCOc1ccc(C(=O)N/N=C/c2cccc(OS(=O)(=O)c3ccccc3)c2)cc1OCC. The number of hydrogen-bond donors (Lipinski definition) is 1. The molecule has 0 heterocycles. The molecule has 9 heteroatoms. The van der Waals surface area contributed by atoms with Crippen LogP contribution in [0, 0.1) is 0 Å². The standard InChI is InChI=1S/C24H24N2O6S/c1-3-30-22-14-13-19(16-23(22)31-4-2)24(27)26-25-17-18-9-8-10-20(15-18)32-33(28,29)21-11-6-5-7-12-21/h5-17H,3-4H2,1-2H3,(H,26,27)/b25-17+. The summed E-state index contributed by atoms with van der Waals surface area (Å²) in [6.07, 6.45) is 1.39. The fourth-order valence-electron chi connectivity index (χ4n) is 2.83. The zero-order valence-corrected chi connectivity index (χ0v) is 19.0. The molecule has 0 radical (unpaired) electrons. The summed E-state index contributed by atoms with van der Waals surface area (Å²) < 4.78 is 41.0. The fourth-order valence-corrected chi connectivity index (χ4v) is 3.77. The summed E-state index contributed by atoms with van der Waals surface area (Å²) in [5.41, 5.74) is 3.33. The quantitative estimate of drug-likeness (QED) is 0.274. The van der Waals surface area contributed by atoms with Crippen LogP contribution in [0.15, 0.2) is 82.8 Å². The first-order chi connectivity index (χ1) is 15.9. The lowest BCUT2D eigenvalue weighted by Gasteiger charge is -2.11. The van der Waals surface area contributed by atoms with Gasteiger partial charge in [0, 0.05) is 5.56 Å². The number of ether oxygens (including phenoxy) is 2. The summed E-state index contributed by atoms with van der Waals surface area (Å²) in [7, 11) is -3.95. The van der Waals surface area contributed by atoms with E-state index in [0.29, 0.717) is 35.8 Å². The molecule has 0 spiro atoms. The molecule has 172 valence electrons. The van der Waals surface area contributed by atoms with Gasteiger partial charge in [-0.1, -0.05) is 30.3 Å². The number of carbonyl (C=O) groups excluding carboxylic acids is 1. The summed E-state index contributed by atoms with van der Waals surface area (Å²) in [6, 6.07) is 19.1. The third-order valence-corrected chi connectivity index (χ3v) is 5.54. The van der Waals surface area contributed by atoms with Gasteiger partial charge in [-0.2, -0.15) is 13.5 Å². The van der Waals surface area contributed by atoms with Crippen LogP contribution in [0.5, 0.6) is 17.2 Å². The zero-order chi connectivity index (χ0) is 23.7. The number of benzene rings is 3. The van der Waals surface area contributed by atoms with Gasteiger partial charge in [0.05, 0.1) is 19.4 Å². The Morgan fingerprint density at radius 2 is 1.64 bits per heavy atom. The van der Waals surface area contributed by atoms with Gasteiger partial charge >= 0.3 is 10.1 Å². The molecule has 0 saturated heterocycles. The first-order valence-electron chi connectivity index (χ1n) is 10.3. The Hall–Kier alpha value is -3.85. The summed E-state index contributed by atoms with van der Waals surface area (Å²) in [5.74, 6) is 0.721. The van der Waals surface area contributed by atoms with Gasteiger partial charge in [-0.15, -0.1) is 0 Å². The minimum Gasteiger partial charge on any atom is -0.490 e. The molecule has 0 aliphatic rings. The van der Waals surface area contributed by atoms with Gasteiger partial charge in [0.1, 0.15) is 10.6 Å². The maximum absolute atomic E-state index is 12.4. The van der Waals surface area contributed by atoms with E-state index in [2.05, 4.69) is 10.5 Å². The van der Waals surface area contributed by atoms with Gasteiger partial charge in [0.2, 0.25) is 0 Å². The predicted molar refractivity (Wildman–Crippen MR) is 125 cm³/mol. The van der Waals surface area contributed by atoms with E-state index >= 15 is 0 Å². The first kappa shape index (κ1) is 23.8. The molecule has 3 rings (SSSR count). The van der Waals surface area contributed by atoms with Crippen molar-refractivity contribution in [3.05, 3.63) is 83.9 Å². The maximum atomic E-state index is 12.4. The van der Waals surface area contributed by atoms with Crippen LogP contribution in [0.4, 0.5) is 0 Å². The normalized spacial score (nSPS) is 11.2. The number of rotatable bonds is 10. The van der Waals surface area contributed by atoms with Crippen molar-refractivity contribution >= 4 is 22.2 Å². The number of nitrogens with one attached hydrogen (secondary N) is 1. The summed E-state index contributed by atoms with van der Waals surface area (Å²) in [5, 5.41) is 3.95. The van der Waals surface area contributed by atoms with Crippen LogP contribution >= 0.6 is 0 Å². The van der Waals surface area contributed by atoms with Crippen molar-refractivity contribution in [2.24, 2.45) is 5.10 Å². The molecule has 0 aromatic heterocycles. The third kappa shape index (κ3) is 6.56. The zero-order valence-electron chi connectivity index (χ0n) is 18.2. The Morgan fingerprint density at radius 1 is 0.909 bits per heavy atom. The van der Waals surface area contributed by atoms with Gasteiger partial charge in [0.25, 0.3) is 5.91 Å². The highest BCUT2D eigenvalue weighted by molar-refractivity contribution is 7.87. The Balaban J connectivity index is 1.67. The Bertz CT molecular complexity index is 1230. The van der Waals surface area contributed by atoms with E-state index in [0.717, 1.165) is 0 Å². The molecule has 3 aromatic carbocycles. The fraction of sp³-hybridized carbons (Fsp3) is 0.167. The molecule has 1 amide bonds. The highest BCUT2D eigenvalue weighted by Crippen LogP contribution is 2.28. The molecule has 3 aromatic rings. The van der Waals surface area contributed by atoms with E-state index in [1.54, 1.807) is 48.5 Å². The molecule has 33 heavy (non-hydrogen) atoms. The lowest BCUT2D eigenvalue weighted by atomic mass is 10.2. The smallest absolute Gasteiger partial charge is 0.339 e.